The maximum atomic E-state index is 12.7. The topological polar surface area (TPSA) is 56.7 Å². The number of hydrogen-bond acceptors (Lipinski definition) is 3. The van der Waals surface area contributed by atoms with Gasteiger partial charge in [-0.15, -0.1) is 0 Å². The van der Waals surface area contributed by atoms with Crippen molar-refractivity contribution in [2.45, 2.75) is 19.6 Å². The van der Waals surface area contributed by atoms with E-state index in [0.717, 1.165) is 6.07 Å². The van der Waals surface area contributed by atoms with Gasteiger partial charge in [0.15, 0.2) is 5.82 Å². The molecule has 0 amide bonds. The molecule has 0 aliphatic carbocycles. The molecule has 0 atom stereocenters. The van der Waals surface area contributed by atoms with Crippen LogP contribution >= 0.6 is 11.6 Å². The van der Waals surface area contributed by atoms with Gasteiger partial charge in [-0.1, -0.05) is 17.7 Å². The SMILES string of the molecule is Cc1nn(-c2nc(C(F)(F)F)ccc2CN)cc1Cl. The van der Waals surface area contributed by atoms with Crippen LogP contribution in [0.1, 0.15) is 17.0 Å². The Kier molecular flexibility index (Phi) is 3.51. The summed E-state index contributed by atoms with van der Waals surface area (Å²) in [6, 6.07) is 2.18. The van der Waals surface area contributed by atoms with Crippen molar-refractivity contribution in [1.29, 1.82) is 0 Å². The summed E-state index contributed by atoms with van der Waals surface area (Å²) < 4.78 is 39.2. The highest BCUT2D eigenvalue weighted by molar-refractivity contribution is 6.31. The second-order valence-electron chi connectivity index (χ2n) is 3.89. The zero-order valence-corrected chi connectivity index (χ0v) is 10.6. The predicted octanol–water partition coefficient (Wildman–Crippen LogP) is 2.71. The highest BCUT2D eigenvalue weighted by Crippen LogP contribution is 2.29. The van der Waals surface area contributed by atoms with Crippen LogP contribution in [0.2, 0.25) is 5.02 Å². The molecule has 0 unspecified atom stereocenters. The van der Waals surface area contributed by atoms with Crippen molar-refractivity contribution in [3.8, 4) is 5.82 Å². The molecule has 0 saturated heterocycles. The second-order valence-corrected chi connectivity index (χ2v) is 4.30. The van der Waals surface area contributed by atoms with Crippen LogP contribution < -0.4 is 5.73 Å². The molecule has 0 bridgehead atoms. The number of nitrogens with zero attached hydrogens (tertiary/aromatic N) is 3. The van der Waals surface area contributed by atoms with Crippen molar-refractivity contribution in [3.63, 3.8) is 0 Å². The Morgan fingerprint density at radius 1 is 1.37 bits per heavy atom. The van der Waals surface area contributed by atoms with Gasteiger partial charge in [-0.2, -0.15) is 18.3 Å². The summed E-state index contributed by atoms with van der Waals surface area (Å²) >= 11 is 5.84. The first-order valence-electron chi connectivity index (χ1n) is 5.32. The molecule has 0 radical (unpaired) electrons. The second kappa shape index (κ2) is 4.82. The zero-order valence-electron chi connectivity index (χ0n) is 9.87. The van der Waals surface area contributed by atoms with E-state index in [2.05, 4.69) is 10.1 Å². The van der Waals surface area contributed by atoms with Crippen LogP contribution in [0.25, 0.3) is 5.82 Å². The Labute approximate surface area is 112 Å². The van der Waals surface area contributed by atoms with Crippen molar-refractivity contribution >= 4 is 11.6 Å². The van der Waals surface area contributed by atoms with Crippen LogP contribution in [0.15, 0.2) is 18.3 Å². The average molecular weight is 291 g/mol. The molecule has 0 fully saturated rings. The van der Waals surface area contributed by atoms with Gasteiger partial charge in [0.25, 0.3) is 0 Å². The van der Waals surface area contributed by atoms with E-state index in [-0.39, 0.29) is 12.4 Å². The number of rotatable bonds is 2. The van der Waals surface area contributed by atoms with Crippen molar-refractivity contribution in [2.24, 2.45) is 5.73 Å². The predicted molar refractivity (Wildman–Crippen MR) is 64.0 cm³/mol. The van der Waals surface area contributed by atoms with Gasteiger partial charge in [0.05, 0.1) is 16.9 Å². The van der Waals surface area contributed by atoms with Crippen molar-refractivity contribution in [3.05, 3.63) is 40.3 Å². The molecule has 2 aromatic heterocycles. The van der Waals surface area contributed by atoms with Crippen LogP contribution in [0, 0.1) is 6.92 Å². The van der Waals surface area contributed by atoms with Gasteiger partial charge in [0, 0.05) is 12.1 Å². The molecule has 0 spiro atoms. The number of nitrogens with two attached hydrogens (primary N) is 1. The van der Waals surface area contributed by atoms with Crippen molar-refractivity contribution in [1.82, 2.24) is 14.8 Å². The highest BCUT2D eigenvalue weighted by atomic mass is 35.5. The number of aromatic nitrogens is 3. The maximum Gasteiger partial charge on any atom is 0.433 e. The Morgan fingerprint density at radius 2 is 2.05 bits per heavy atom. The van der Waals surface area contributed by atoms with E-state index in [4.69, 9.17) is 17.3 Å². The molecule has 0 saturated carbocycles. The number of halogens is 4. The molecule has 0 aliphatic rings. The van der Waals surface area contributed by atoms with Gasteiger partial charge in [-0.3, -0.25) is 0 Å². The largest absolute Gasteiger partial charge is 0.433 e. The third-order valence-corrected chi connectivity index (χ3v) is 2.89. The third kappa shape index (κ3) is 2.71. The summed E-state index contributed by atoms with van der Waals surface area (Å²) in [5.74, 6) is 0.0346. The molecule has 2 rings (SSSR count). The Balaban J connectivity index is 2.59. The van der Waals surface area contributed by atoms with Gasteiger partial charge in [-0.25, -0.2) is 9.67 Å². The van der Waals surface area contributed by atoms with Gasteiger partial charge in [0.1, 0.15) is 5.69 Å². The van der Waals surface area contributed by atoms with E-state index in [1.165, 1.54) is 16.9 Å². The number of hydrogen-bond donors (Lipinski definition) is 1. The maximum absolute atomic E-state index is 12.7. The lowest BCUT2D eigenvalue weighted by Gasteiger charge is -2.11. The van der Waals surface area contributed by atoms with E-state index >= 15 is 0 Å². The summed E-state index contributed by atoms with van der Waals surface area (Å²) in [6.45, 7) is 1.70. The smallest absolute Gasteiger partial charge is 0.326 e. The Morgan fingerprint density at radius 3 is 2.53 bits per heavy atom. The molecule has 102 valence electrons. The average Bonchev–Trinajstić information content (AvgIpc) is 2.67. The fourth-order valence-electron chi connectivity index (χ4n) is 1.54. The summed E-state index contributed by atoms with van der Waals surface area (Å²) in [4.78, 5) is 3.58. The normalized spacial score (nSPS) is 11.9. The first-order chi connectivity index (χ1) is 8.82. The number of pyridine rings is 1. The van der Waals surface area contributed by atoms with Crippen LogP contribution in [0.5, 0.6) is 0 Å². The quantitative estimate of drug-likeness (QED) is 0.925. The first-order valence-corrected chi connectivity index (χ1v) is 5.70. The molecule has 4 nitrogen and oxygen atoms in total. The van der Waals surface area contributed by atoms with E-state index in [1.54, 1.807) is 6.92 Å². The fraction of sp³-hybridized carbons (Fsp3) is 0.273. The number of aryl methyl sites for hydroxylation is 1. The Hall–Kier alpha value is -1.60. The van der Waals surface area contributed by atoms with Crippen molar-refractivity contribution < 1.29 is 13.2 Å². The molecule has 2 N–H and O–H groups in total. The molecule has 0 aromatic carbocycles. The van der Waals surface area contributed by atoms with Crippen LogP contribution in [-0.4, -0.2) is 14.8 Å². The monoisotopic (exact) mass is 290 g/mol. The minimum absolute atomic E-state index is 0.0346. The van der Waals surface area contributed by atoms with E-state index in [0.29, 0.717) is 16.3 Å². The van der Waals surface area contributed by atoms with Gasteiger partial charge < -0.3 is 5.73 Å². The van der Waals surface area contributed by atoms with Crippen molar-refractivity contribution in [2.75, 3.05) is 0 Å². The van der Waals surface area contributed by atoms with Crippen LogP contribution in [0.3, 0.4) is 0 Å². The van der Waals surface area contributed by atoms with Gasteiger partial charge in [-0.05, 0) is 13.0 Å². The first kappa shape index (κ1) is 13.8. The van der Waals surface area contributed by atoms with Crippen LogP contribution in [0.4, 0.5) is 13.2 Å². The lowest BCUT2D eigenvalue weighted by atomic mass is 10.2. The van der Waals surface area contributed by atoms with Gasteiger partial charge >= 0.3 is 6.18 Å². The van der Waals surface area contributed by atoms with E-state index in [1.807, 2.05) is 0 Å². The summed E-state index contributed by atoms with van der Waals surface area (Å²) in [5, 5.41) is 4.36. The molecule has 2 aromatic rings. The fourth-order valence-corrected chi connectivity index (χ4v) is 1.67. The minimum Gasteiger partial charge on any atom is -0.326 e. The standard InChI is InChI=1S/C11H10ClF3N4/c1-6-8(12)5-19(18-6)10-7(4-16)2-3-9(17-10)11(13,14)15/h2-3,5H,4,16H2,1H3. The molecule has 2 heterocycles. The molecular weight excluding hydrogens is 281 g/mol. The summed E-state index contributed by atoms with van der Waals surface area (Å²) in [7, 11) is 0. The van der Waals surface area contributed by atoms with E-state index < -0.39 is 11.9 Å². The molecule has 0 aliphatic heterocycles. The highest BCUT2D eigenvalue weighted by Gasteiger charge is 2.33. The molecule has 19 heavy (non-hydrogen) atoms. The Bertz CT molecular complexity index is 587. The summed E-state index contributed by atoms with van der Waals surface area (Å²) in [6.07, 6.45) is -3.12. The number of alkyl halides is 3. The van der Waals surface area contributed by atoms with Crippen LogP contribution in [-0.2, 0) is 12.7 Å². The lowest BCUT2D eigenvalue weighted by molar-refractivity contribution is -0.141. The van der Waals surface area contributed by atoms with E-state index in [9.17, 15) is 13.2 Å². The molecular formula is C11H10ClF3N4. The molecule has 8 heteroatoms. The minimum atomic E-state index is -4.52. The lowest BCUT2D eigenvalue weighted by Crippen LogP contribution is -2.14. The zero-order chi connectivity index (χ0) is 14.2. The summed E-state index contributed by atoms with van der Waals surface area (Å²) in [5.41, 5.74) is 5.45. The van der Waals surface area contributed by atoms with Gasteiger partial charge in [0.2, 0.25) is 0 Å². The third-order valence-electron chi connectivity index (χ3n) is 2.52.